The van der Waals surface area contributed by atoms with Gasteiger partial charge in [-0.25, -0.2) is 4.79 Å². The number of carboxylic acids is 2. The van der Waals surface area contributed by atoms with E-state index in [0.29, 0.717) is 4.91 Å². The van der Waals surface area contributed by atoms with E-state index >= 15 is 0 Å². The third-order valence-corrected chi connectivity index (χ3v) is 8.27. The fourth-order valence-corrected chi connectivity index (χ4v) is 6.66. The Labute approximate surface area is 209 Å². The van der Waals surface area contributed by atoms with E-state index in [1.54, 1.807) is 6.92 Å². The number of hydrogen-bond donors (Lipinski definition) is 3. The lowest BCUT2D eigenvalue weighted by molar-refractivity contribution is -0.301. The molecule has 0 aliphatic carbocycles. The summed E-state index contributed by atoms with van der Waals surface area (Å²) in [7, 11) is 0. The molecule has 192 valence electrons. The number of likely N-dealkylation sites (tertiary alicyclic amines) is 1. The van der Waals surface area contributed by atoms with Crippen molar-refractivity contribution in [3.8, 4) is 0 Å². The van der Waals surface area contributed by atoms with Crippen LogP contribution < -0.4 is 15.5 Å². The largest absolute Gasteiger partial charge is 0.545 e. The molecule has 1 aromatic rings. The molecule has 12 nitrogen and oxygen atoms in total. The summed E-state index contributed by atoms with van der Waals surface area (Å²) >= 11 is 1.09. The number of carbonyl (C=O) groups is 5. The Morgan fingerprint density at radius 2 is 1.89 bits per heavy atom. The smallest absolute Gasteiger partial charge is 0.408 e. The van der Waals surface area contributed by atoms with E-state index in [4.69, 9.17) is 0 Å². The number of nitrogens with zero attached hydrogens (tertiary/aromatic N) is 2. The molecule has 0 unspecified atom stereocenters. The molecule has 13 heteroatoms. The Morgan fingerprint density at radius 3 is 2.47 bits per heavy atom. The zero-order valence-corrected chi connectivity index (χ0v) is 20.1. The van der Waals surface area contributed by atoms with Crippen LogP contribution in [0.2, 0.25) is 0 Å². The van der Waals surface area contributed by atoms with Gasteiger partial charge in [-0.1, -0.05) is 19.1 Å². The summed E-state index contributed by atoms with van der Waals surface area (Å²) in [5.41, 5.74) is -0.288. The molecular weight excluding hydrogens is 494 g/mol. The standard InChI is InChI=1S/C23H25N3O9S/c1-9-16-15(10(2)27)20(29)26(16)17(22(32)33)18(9)36-13-7-14(25(8-13)23(34)35)19(28)24-12-5-3-4-11(6-12)21(30)31/h3-6,9-10,13-16,27H,7-8H2,1-2H3,(H,24,28)(H,30,31)(H,32,33)(H,34,35)/p-2/t9-,10-,13+,14+,15-,16-/m1/s1. The number of β-lactam (4-membered cyclic amide) rings is 1. The number of carboxylic acid groups (broad SMARTS) is 3. The number of fused-ring (bicyclic) bond motifs is 1. The number of anilines is 1. The van der Waals surface area contributed by atoms with Gasteiger partial charge in [0.25, 0.3) is 0 Å². The Morgan fingerprint density at radius 1 is 1.19 bits per heavy atom. The SMILES string of the molecule is C[C@@H](O)[C@H]1C(=O)N2C(C(=O)[O-])=C(S[C@H]3C[C@@H](C(=O)Nc4cccc(C(=O)[O-])c4)N(C(=O)O)C3)[C@H](C)[C@H]12. The van der Waals surface area contributed by atoms with Gasteiger partial charge in [0.1, 0.15) is 6.04 Å². The van der Waals surface area contributed by atoms with Crippen molar-refractivity contribution in [3.05, 3.63) is 40.4 Å². The van der Waals surface area contributed by atoms with Crippen LogP contribution in [0.4, 0.5) is 10.5 Å². The summed E-state index contributed by atoms with van der Waals surface area (Å²) in [6.45, 7) is 3.12. The Bertz CT molecular complexity index is 1180. The van der Waals surface area contributed by atoms with Gasteiger partial charge >= 0.3 is 6.09 Å². The maximum absolute atomic E-state index is 12.9. The number of hydrogen-bond acceptors (Lipinski definition) is 9. The molecule has 0 spiro atoms. The molecule has 3 aliphatic rings. The van der Waals surface area contributed by atoms with Gasteiger partial charge in [0.2, 0.25) is 11.8 Å². The predicted molar refractivity (Wildman–Crippen MR) is 121 cm³/mol. The molecule has 3 amide bonds. The monoisotopic (exact) mass is 517 g/mol. The number of carbonyl (C=O) groups excluding carboxylic acids is 4. The first-order chi connectivity index (χ1) is 16.9. The molecule has 36 heavy (non-hydrogen) atoms. The van der Waals surface area contributed by atoms with Crippen LogP contribution in [-0.2, 0) is 14.4 Å². The second-order valence-electron chi connectivity index (χ2n) is 9.04. The molecule has 3 heterocycles. The zero-order chi connectivity index (χ0) is 26.5. The second-order valence-corrected chi connectivity index (χ2v) is 10.4. The van der Waals surface area contributed by atoms with Crippen molar-refractivity contribution in [1.82, 2.24) is 9.80 Å². The Hall–Kier alpha value is -3.58. The van der Waals surface area contributed by atoms with Gasteiger partial charge in [0, 0.05) is 28.3 Å². The van der Waals surface area contributed by atoms with Gasteiger partial charge in [-0.05, 0) is 31.0 Å². The fraction of sp³-hybridized carbons (Fsp3) is 0.435. The van der Waals surface area contributed by atoms with Crippen LogP contribution in [0.3, 0.4) is 0 Å². The summed E-state index contributed by atoms with van der Waals surface area (Å²) in [5.74, 6) is -5.33. The van der Waals surface area contributed by atoms with Crippen LogP contribution in [0.5, 0.6) is 0 Å². The normalized spacial score (nSPS) is 28.0. The molecule has 3 N–H and O–H groups in total. The average Bonchev–Trinajstić information content (AvgIpc) is 3.32. The maximum atomic E-state index is 12.9. The molecule has 2 saturated heterocycles. The lowest BCUT2D eigenvalue weighted by Gasteiger charge is -2.47. The second kappa shape index (κ2) is 9.47. The lowest BCUT2D eigenvalue weighted by atomic mass is 9.79. The summed E-state index contributed by atoms with van der Waals surface area (Å²) in [5, 5.41) is 44.6. The average molecular weight is 518 g/mol. The van der Waals surface area contributed by atoms with Gasteiger partial charge in [0.15, 0.2) is 0 Å². The summed E-state index contributed by atoms with van der Waals surface area (Å²) in [6.07, 6.45) is -2.26. The van der Waals surface area contributed by atoms with Crippen molar-refractivity contribution in [2.24, 2.45) is 11.8 Å². The van der Waals surface area contributed by atoms with Crippen LogP contribution >= 0.6 is 11.8 Å². The van der Waals surface area contributed by atoms with Crippen molar-refractivity contribution >= 4 is 47.3 Å². The van der Waals surface area contributed by atoms with E-state index in [1.807, 2.05) is 0 Å². The number of aliphatic hydroxyl groups is 1. The van der Waals surface area contributed by atoms with Crippen molar-refractivity contribution in [1.29, 1.82) is 0 Å². The van der Waals surface area contributed by atoms with E-state index in [-0.39, 0.29) is 29.9 Å². The number of aliphatic carboxylic acids is 1. The van der Waals surface area contributed by atoms with E-state index in [1.165, 1.54) is 31.2 Å². The lowest BCUT2D eigenvalue weighted by Crippen LogP contribution is -2.64. The zero-order valence-electron chi connectivity index (χ0n) is 19.2. The number of thioether (sulfide) groups is 1. The van der Waals surface area contributed by atoms with Crippen LogP contribution in [0.1, 0.15) is 30.6 Å². The van der Waals surface area contributed by atoms with Crippen LogP contribution in [0, 0.1) is 11.8 Å². The molecule has 4 rings (SSSR count). The van der Waals surface area contributed by atoms with Crippen molar-refractivity contribution < 1.29 is 44.4 Å². The molecule has 0 bridgehead atoms. The van der Waals surface area contributed by atoms with Crippen molar-refractivity contribution in [2.75, 3.05) is 11.9 Å². The first-order valence-corrected chi connectivity index (χ1v) is 12.1. The van der Waals surface area contributed by atoms with E-state index in [2.05, 4.69) is 5.32 Å². The number of benzene rings is 1. The number of amides is 3. The molecule has 2 fully saturated rings. The highest BCUT2D eigenvalue weighted by Gasteiger charge is 2.59. The van der Waals surface area contributed by atoms with Crippen molar-refractivity contribution in [2.45, 2.75) is 43.7 Å². The first-order valence-electron chi connectivity index (χ1n) is 11.2. The molecule has 1 aromatic carbocycles. The Kier molecular flexibility index (Phi) is 6.71. The highest BCUT2D eigenvalue weighted by molar-refractivity contribution is 8.03. The number of nitrogens with one attached hydrogen (secondary N) is 1. The minimum atomic E-state index is -1.54. The summed E-state index contributed by atoms with van der Waals surface area (Å²) < 4.78 is 0. The number of aromatic carboxylic acids is 1. The molecular formula is C23H23N3O9S-2. The molecule has 0 aromatic heterocycles. The number of rotatable bonds is 7. The van der Waals surface area contributed by atoms with Gasteiger partial charge in [-0.2, -0.15) is 0 Å². The topological polar surface area (TPSA) is 190 Å². The predicted octanol–water partition coefficient (Wildman–Crippen LogP) is -1.34. The highest BCUT2D eigenvalue weighted by Crippen LogP contribution is 2.52. The quantitative estimate of drug-likeness (QED) is 0.365. The third-order valence-electron chi connectivity index (χ3n) is 6.77. The maximum Gasteiger partial charge on any atom is 0.408 e. The first kappa shape index (κ1) is 25.5. The van der Waals surface area contributed by atoms with E-state index < -0.39 is 65.1 Å². The van der Waals surface area contributed by atoms with Crippen LogP contribution in [0.15, 0.2) is 34.9 Å². The minimum Gasteiger partial charge on any atom is -0.545 e. The highest BCUT2D eigenvalue weighted by atomic mass is 32.2. The third kappa shape index (κ3) is 4.28. The van der Waals surface area contributed by atoms with Gasteiger partial charge < -0.3 is 40.2 Å². The molecule has 3 aliphatic heterocycles. The van der Waals surface area contributed by atoms with Crippen molar-refractivity contribution in [3.63, 3.8) is 0 Å². The number of aliphatic hydroxyl groups excluding tert-OH is 1. The molecule has 6 atom stereocenters. The minimum absolute atomic E-state index is 0.0535. The molecule has 0 radical (unpaired) electrons. The fourth-order valence-electron chi connectivity index (χ4n) is 5.14. The van der Waals surface area contributed by atoms with Crippen LogP contribution in [-0.4, -0.2) is 79.8 Å². The molecule has 0 saturated carbocycles. The summed E-state index contributed by atoms with van der Waals surface area (Å²) in [4.78, 5) is 62.7. The van der Waals surface area contributed by atoms with E-state index in [0.717, 1.165) is 21.6 Å². The van der Waals surface area contributed by atoms with Gasteiger partial charge in [0.05, 0.1) is 35.7 Å². The van der Waals surface area contributed by atoms with Gasteiger partial charge in [-0.15, -0.1) is 11.8 Å². The van der Waals surface area contributed by atoms with E-state index in [9.17, 15) is 44.4 Å². The Balaban J connectivity index is 1.53. The van der Waals surface area contributed by atoms with Crippen LogP contribution in [0.25, 0.3) is 0 Å². The van der Waals surface area contributed by atoms with Gasteiger partial charge in [-0.3, -0.25) is 14.5 Å². The summed E-state index contributed by atoms with van der Waals surface area (Å²) in [6, 6.07) is 3.69.